The number of hydrogen-bond donors (Lipinski definition) is 0. The molecule has 0 spiro atoms. The maximum absolute atomic E-state index is 13.4. The highest BCUT2D eigenvalue weighted by molar-refractivity contribution is 6.15. The normalized spacial score (nSPS) is 25.0. The lowest BCUT2D eigenvalue weighted by molar-refractivity contribution is -0.144. The summed E-state index contributed by atoms with van der Waals surface area (Å²) in [7, 11) is 0. The van der Waals surface area contributed by atoms with Gasteiger partial charge in [-0.15, -0.1) is 0 Å². The third kappa shape index (κ3) is 2.65. The first-order chi connectivity index (χ1) is 12.1. The average Bonchev–Trinajstić information content (AvgIpc) is 3.38. The first kappa shape index (κ1) is 16.6. The third-order valence-corrected chi connectivity index (χ3v) is 6.10. The van der Waals surface area contributed by atoms with E-state index in [9.17, 15) is 9.59 Å². The molecule has 2 fully saturated rings. The minimum Gasteiger partial charge on any atom is -0.339 e. The van der Waals surface area contributed by atoms with E-state index in [1.807, 2.05) is 28.0 Å². The Hall–Kier alpha value is -1.88. The smallest absolute Gasteiger partial charge is 0.242 e. The number of carbonyl (C=O) groups excluding carboxylic acids is 2. The molecule has 134 valence electrons. The van der Waals surface area contributed by atoms with Gasteiger partial charge in [0.05, 0.1) is 0 Å². The maximum atomic E-state index is 13.4. The lowest BCUT2D eigenvalue weighted by Crippen LogP contribution is -2.54. The fourth-order valence-electron chi connectivity index (χ4n) is 4.32. The molecule has 1 atom stereocenters. The van der Waals surface area contributed by atoms with Crippen LogP contribution >= 0.6 is 0 Å². The molecule has 0 bridgehead atoms. The van der Waals surface area contributed by atoms with E-state index in [0.717, 1.165) is 44.8 Å². The van der Waals surface area contributed by atoms with Crippen LogP contribution in [0.3, 0.4) is 0 Å². The first-order valence-corrected chi connectivity index (χ1v) is 9.50. The van der Waals surface area contributed by atoms with Crippen LogP contribution in [0.4, 0.5) is 5.69 Å². The van der Waals surface area contributed by atoms with Gasteiger partial charge in [-0.25, -0.2) is 0 Å². The van der Waals surface area contributed by atoms with Gasteiger partial charge < -0.3 is 14.7 Å². The zero-order valence-electron chi connectivity index (χ0n) is 15.2. The van der Waals surface area contributed by atoms with Gasteiger partial charge in [-0.1, -0.05) is 25.1 Å². The van der Waals surface area contributed by atoms with Gasteiger partial charge in [-0.05, 0) is 44.4 Å². The standard InChI is InChI=1S/C20H27N3O2/c1-3-21-10-12-22(13-11-21)18(24)20(8-9-20)19(25)23-15(2)14-16-6-4-5-7-17(16)23/h4-7,15H,3,8-14H2,1-2H3. The van der Waals surface area contributed by atoms with Crippen LogP contribution in [-0.4, -0.2) is 60.4 Å². The number of hydrogen-bond acceptors (Lipinski definition) is 3. The van der Waals surface area contributed by atoms with Crippen LogP contribution in [0.5, 0.6) is 0 Å². The number of fused-ring (bicyclic) bond motifs is 1. The number of amides is 2. The maximum Gasteiger partial charge on any atom is 0.242 e. The lowest BCUT2D eigenvalue weighted by Gasteiger charge is -2.37. The Labute approximate surface area is 149 Å². The molecule has 3 aliphatic rings. The van der Waals surface area contributed by atoms with Crippen molar-refractivity contribution in [1.29, 1.82) is 0 Å². The molecule has 1 aromatic rings. The van der Waals surface area contributed by atoms with Gasteiger partial charge >= 0.3 is 0 Å². The molecule has 2 heterocycles. The molecule has 1 saturated heterocycles. The molecule has 0 N–H and O–H groups in total. The zero-order chi connectivity index (χ0) is 17.6. The Kier molecular flexibility index (Phi) is 4.07. The molecule has 0 radical (unpaired) electrons. The van der Waals surface area contributed by atoms with Crippen LogP contribution in [0, 0.1) is 5.41 Å². The summed E-state index contributed by atoms with van der Waals surface area (Å²) in [4.78, 5) is 32.7. The summed E-state index contributed by atoms with van der Waals surface area (Å²) in [5.74, 6) is 0.0812. The predicted octanol–water partition coefficient (Wildman–Crippen LogP) is 1.91. The Morgan fingerprint density at radius 2 is 1.76 bits per heavy atom. The molecule has 2 aliphatic heterocycles. The summed E-state index contributed by atoms with van der Waals surface area (Å²) in [5, 5.41) is 0. The monoisotopic (exact) mass is 341 g/mol. The number of piperazine rings is 1. The quantitative estimate of drug-likeness (QED) is 0.789. The molecule has 1 unspecified atom stereocenters. The van der Waals surface area contributed by atoms with E-state index in [0.29, 0.717) is 12.8 Å². The van der Waals surface area contributed by atoms with Gasteiger partial charge in [-0.2, -0.15) is 0 Å². The van der Waals surface area contributed by atoms with E-state index in [1.54, 1.807) is 0 Å². The van der Waals surface area contributed by atoms with Crippen LogP contribution in [-0.2, 0) is 16.0 Å². The van der Waals surface area contributed by atoms with Crippen molar-refractivity contribution in [1.82, 2.24) is 9.80 Å². The van der Waals surface area contributed by atoms with E-state index in [4.69, 9.17) is 0 Å². The summed E-state index contributed by atoms with van der Waals surface area (Å²) in [6.07, 6.45) is 2.27. The highest BCUT2D eigenvalue weighted by Crippen LogP contribution is 2.51. The first-order valence-electron chi connectivity index (χ1n) is 9.50. The average molecular weight is 341 g/mol. The van der Waals surface area contributed by atoms with Crippen molar-refractivity contribution >= 4 is 17.5 Å². The summed E-state index contributed by atoms with van der Waals surface area (Å²) >= 11 is 0. The molecule has 25 heavy (non-hydrogen) atoms. The van der Waals surface area contributed by atoms with Crippen molar-refractivity contribution in [2.75, 3.05) is 37.6 Å². The second-order valence-corrected chi connectivity index (χ2v) is 7.67. The van der Waals surface area contributed by atoms with E-state index < -0.39 is 5.41 Å². The van der Waals surface area contributed by atoms with E-state index >= 15 is 0 Å². The largest absolute Gasteiger partial charge is 0.339 e. The number of carbonyl (C=O) groups is 2. The van der Waals surface area contributed by atoms with Gasteiger partial charge in [0.1, 0.15) is 5.41 Å². The second-order valence-electron chi connectivity index (χ2n) is 7.67. The number of para-hydroxylation sites is 1. The molecule has 4 rings (SSSR count). The molecule has 5 heteroatoms. The summed E-state index contributed by atoms with van der Waals surface area (Å²) in [6, 6.07) is 8.22. The van der Waals surface area contributed by atoms with Gasteiger partial charge in [0.15, 0.2) is 0 Å². The van der Waals surface area contributed by atoms with Crippen molar-refractivity contribution in [3.05, 3.63) is 29.8 Å². The number of likely N-dealkylation sites (N-methyl/N-ethyl adjacent to an activating group) is 1. The van der Waals surface area contributed by atoms with Crippen LogP contribution < -0.4 is 4.90 Å². The topological polar surface area (TPSA) is 43.9 Å². The van der Waals surface area contributed by atoms with Crippen LogP contribution in [0.15, 0.2) is 24.3 Å². The summed E-state index contributed by atoms with van der Waals surface area (Å²) in [5.41, 5.74) is 1.41. The molecule has 1 aliphatic carbocycles. The Balaban J connectivity index is 1.53. The van der Waals surface area contributed by atoms with Gasteiger partial charge in [-0.3, -0.25) is 9.59 Å². The molecule has 5 nitrogen and oxygen atoms in total. The van der Waals surface area contributed by atoms with Crippen molar-refractivity contribution in [3.8, 4) is 0 Å². The fourth-order valence-corrected chi connectivity index (χ4v) is 4.32. The Morgan fingerprint density at radius 3 is 2.40 bits per heavy atom. The Morgan fingerprint density at radius 1 is 1.08 bits per heavy atom. The van der Waals surface area contributed by atoms with E-state index in [-0.39, 0.29) is 17.9 Å². The van der Waals surface area contributed by atoms with Crippen molar-refractivity contribution in [3.63, 3.8) is 0 Å². The summed E-state index contributed by atoms with van der Waals surface area (Å²) in [6.45, 7) is 8.56. The summed E-state index contributed by atoms with van der Waals surface area (Å²) < 4.78 is 0. The molecule has 1 aromatic carbocycles. The molecular weight excluding hydrogens is 314 g/mol. The third-order valence-electron chi connectivity index (χ3n) is 6.10. The van der Waals surface area contributed by atoms with Crippen molar-refractivity contribution < 1.29 is 9.59 Å². The molecule has 0 aromatic heterocycles. The minimum absolute atomic E-state index is 0.0212. The lowest BCUT2D eigenvalue weighted by atomic mass is 10.0. The molecule has 2 amide bonds. The highest BCUT2D eigenvalue weighted by Gasteiger charge is 2.60. The van der Waals surface area contributed by atoms with E-state index in [1.165, 1.54) is 5.56 Å². The van der Waals surface area contributed by atoms with Crippen LogP contribution in [0.25, 0.3) is 0 Å². The van der Waals surface area contributed by atoms with Crippen LogP contribution in [0.1, 0.15) is 32.3 Å². The van der Waals surface area contributed by atoms with Crippen molar-refractivity contribution in [2.24, 2.45) is 5.41 Å². The zero-order valence-corrected chi connectivity index (χ0v) is 15.2. The number of anilines is 1. The second kappa shape index (κ2) is 6.13. The van der Waals surface area contributed by atoms with Gasteiger partial charge in [0.2, 0.25) is 11.8 Å². The van der Waals surface area contributed by atoms with Crippen LogP contribution in [0.2, 0.25) is 0 Å². The predicted molar refractivity (Wildman–Crippen MR) is 97.5 cm³/mol. The minimum atomic E-state index is -0.792. The fraction of sp³-hybridized carbons (Fsp3) is 0.600. The number of rotatable bonds is 3. The highest BCUT2D eigenvalue weighted by atomic mass is 16.2. The van der Waals surface area contributed by atoms with E-state index in [2.05, 4.69) is 24.8 Å². The molecule has 1 saturated carbocycles. The number of nitrogens with zero attached hydrogens (tertiary/aromatic N) is 3. The van der Waals surface area contributed by atoms with Crippen molar-refractivity contribution in [2.45, 2.75) is 39.2 Å². The number of benzene rings is 1. The molecular formula is C20H27N3O2. The Bertz CT molecular complexity index is 690. The van der Waals surface area contributed by atoms with Gasteiger partial charge in [0.25, 0.3) is 0 Å². The van der Waals surface area contributed by atoms with Gasteiger partial charge in [0, 0.05) is 37.9 Å². The SMILES string of the molecule is CCN1CCN(C(=O)C2(C(=O)N3c4ccccc4CC3C)CC2)CC1.